The van der Waals surface area contributed by atoms with Crippen LogP contribution in [0.2, 0.25) is 0 Å². The largest absolute Gasteiger partial charge is 0.496 e. The molecule has 0 amide bonds. The van der Waals surface area contributed by atoms with E-state index in [2.05, 4.69) is 29.7 Å². The van der Waals surface area contributed by atoms with Gasteiger partial charge in [-0.2, -0.15) is 0 Å². The second-order valence-corrected chi connectivity index (χ2v) is 5.93. The third-order valence-electron chi connectivity index (χ3n) is 3.68. The van der Waals surface area contributed by atoms with Gasteiger partial charge in [0, 0.05) is 5.69 Å². The molecule has 0 fully saturated rings. The number of nitrogens with zero attached hydrogens (tertiary/aromatic N) is 1. The van der Waals surface area contributed by atoms with Crippen LogP contribution in [0.1, 0.15) is 25.3 Å². The second-order valence-electron chi connectivity index (χ2n) is 5.52. The molecule has 0 aliphatic carbocycles. The minimum absolute atomic E-state index is 0.0987. The summed E-state index contributed by atoms with van der Waals surface area (Å²) in [5, 5.41) is 17.4. The summed E-state index contributed by atoms with van der Waals surface area (Å²) in [5.74, 6) is 0.416. The van der Waals surface area contributed by atoms with Crippen molar-refractivity contribution < 1.29 is 9.66 Å². The Morgan fingerprint density at radius 2 is 1.92 bits per heavy atom. The number of nitro groups is 1. The lowest BCUT2D eigenvalue weighted by atomic mass is 10.1. The topological polar surface area (TPSA) is 76.4 Å². The molecule has 2 aromatic rings. The smallest absolute Gasteiger partial charge is 0.296 e. The molecule has 2 N–H and O–H groups in total. The third kappa shape index (κ3) is 5.42. The number of benzene rings is 2. The maximum Gasteiger partial charge on any atom is 0.296 e. The van der Waals surface area contributed by atoms with E-state index in [1.54, 1.807) is 12.1 Å². The monoisotopic (exact) mass is 359 g/mol. The number of hydrogen-bond acceptors (Lipinski definition) is 4. The van der Waals surface area contributed by atoms with Crippen molar-refractivity contribution >= 4 is 34.4 Å². The summed E-state index contributed by atoms with van der Waals surface area (Å²) in [5.41, 5.74) is 2.31. The highest BCUT2D eigenvalue weighted by molar-refractivity contribution is 7.80. The van der Waals surface area contributed by atoms with Crippen molar-refractivity contribution in [1.82, 2.24) is 0 Å². The summed E-state index contributed by atoms with van der Waals surface area (Å²) in [4.78, 5) is 10.7. The lowest BCUT2D eigenvalue weighted by molar-refractivity contribution is -0.384. The van der Waals surface area contributed by atoms with Crippen LogP contribution in [0, 0.1) is 10.1 Å². The van der Waals surface area contributed by atoms with Crippen LogP contribution in [-0.2, 0) is 6.42 Å². The Morgan fingerprint density at radius 1 is 1.20 bits per heavy atom. The summed E-state index contributed by atoms with van der Waals surface area (Å²) in [7, 11) is 1.46. The number of rotatable bonds is 7. The van der Waals surface area contributed by atoms with Crippen LogP contribution in [0.25, 0.3) is 0 Å². The number of methoxy groups -OCH3 is 1. The van der Waals surface area contributed by atoms with E-state index >= 15 is 0 Å². The Balaban J connectivity index is 2.03. The number of hydrogen-bond donors (Lipinski definition) is 2. The number of aryl methyl sites for hydroxylation is 1. The predicted molar refractivity (Wildman–Crippen MR) is 105 cm³/mol. The highest BCUT2D eigenvalue weighted by Crippen LogP contribution is 2.29. The van der Waals surface area contributed by atoms with Crippen molar-refractivity contribution in [2.75, 3.05) is 17.7 Å². The molecular weight excluding hydrogens is 338 g/mol. The number of anilines is 2. The maximum absolute atomic E-state index is 11.2. The van der Waals surface area contributed by atoms with Crippen LogP contribution >= 0.6 is 12.2 Å². The third-order valence-corrected chi connectivity index (χ3v) is 3.88. The first-order chi connectivity index (χ1) is 12.0. The molecule has 7 heteroatoms. The lowest BCUT2D eigenvalue weighted by Crippen LogP contribution is -2.19. The molecule has 0 radical (unpaired) electrons. The van der Waals surface area contributed by atoms with Gasteiger partial charge in [0.2, 0.25) is 0 Å². The summed E-state index contributed by atoms with van der Waals surface area (Å²) in [6.07, 6.45) is 3.38. The van der Waals surface area contributed by atoms with Crippen LogP contribution in [0.15, 0.2) is 42.5 Å². The maximum atomic E-state index is 11.2. The van der Waals surface area contributed by atoms with Crippen molar-refractivity contribution in [3.63, 3.8) is 0 Å². The van der Waals surface area contributed by atoms with Crippen molar-refractivity contribution in [2.45, 2.75) is 26.2 Å². The first kappa shape index (κ1) is 18.7. The van der Waals surface area contributed by atoms with E-state index in [-0.39, 0.29) is 10.8 Å². The van der Waals surface area contributed by atoms with Gasteiger partial charge < -0.3 is 15.4 Å². The van der Waals surface area contributed by atoms with Gasteiger partial charge in [-0.25, -0.2) is 0 Å². The van der Waals surface area contributed by atoms with Crippen molar-refractivity contribution in [2.24, 2.45) is 0 Å². The van der Waals surface area contributed by atoms with Gasteiger partial charge in [0.1, 0.15) is 11.4 Å². The van der Waals surface area contributed by atoms with E-state index in [1.165, 1.54) is 18.7 Å². The Hall–Kier alpha value is -2.67. The second kappa shape index (κ2) is 8.98. The molecule has 132 valence electrons. The first-order valence-electron chi connectivity index (χ1n) is 8.03. The molecule has 0 heterocycles. The normalized spacial score (nSPS) is 10.2. The lowest BCUT2D eigenvalue weighted by Gasteiger charge is -2.12. The minimum Gasteiger partial charge on any atom is -0.496 e. The van der Waals surface area contributed by atoms with Crippen LogP contribution < -0.4 is 15.4 Å². The molecular formula is C18H21N3O3S. The fourth-order valence-corrected chi connectivity index (χ4v) is 2.54. The zero-order valence-corrected chi connectivity index (χ0v) is 15.1. The number of unbranched alkanes of at least 4 members (excludes halogenated alkanes) is 1. The molecule has 0 aliphatic heterocycles. The number of nitrogens with one attached hydrogen (secondary N) is 2. The SMILES string of the molecule is CCCCc1ccc(NC(=S)Nc2ccc(OC)cc2[N+](=O)[O-])cc1. The molecule has 2 aromatic carbocycles. The Morgan fingerprint density at radius 3 is 2.52 bits per heavy atom. The molecule has 2 rings (SSSR count). The molecule has 0 saturated heterocycles. The van der Waals surface area contributed by atoms with Crippen LogP contribution in [0.3, 0.4) is 0 Å². The van der Waals surface area contributed by atoms with Gasteiger partial charge in [0.25, 0.3) is 5.69 Å². The summed E-state index contributed by atoms with van der Waals surface area (Å²) >= 11 is 5.25. The van der Waals surface area contributed by atoms with E-state index in [0.29, 0.717) is 11.4 Å². The molecule has 0 aromatic heterocycles. The average molecular weight is 359 g/mol. The van der Waals surface area contributed by atoms with Crippen molar-refractivity contribution in [3.8, 4) is 5.75 Å². The van der Waals surface area contributed by atoms with E-state index in [0.717, 1.165) is 24.9 Å². The van der Waals surface area contributed by atoms with Gasteiger partial charge in [-0.15, -0.1) is 0 Å². The molecule has 6 nitrogen and oxygen atoms in total. The van der Waals surface area contributed by atoms with Crippen LogP contribution in [-0.4, -0.2) is 17.1 Å². The summed E-state index contributed by atoms with van der Waals surface area (Å²) < 4.78 is 5.02. The summed E-state index contributed by atoms with van der Waals surface area (Å²) in [6.45, 7) is 2.17. The highest BCUT2D eigenvalue weighted by Gasteiger charge is 2.16. The molecule has 0 atom stereocenters. The van der Waals surface area contributed by atoms with Gasteiger partial charge in [-0.3, -0.25) is 10.1 Å². The zero-order chi connectivity index (χ0) is 18.2. The molecule has 0 aliphatic rings. The zero-order valence-electron chi connectivity index (χ0n) is 14.2. The van der Waals surface area contributed by atoms with Gasteiger partial charge in [-0.05, 0) is 54.9 Å². The predicted octanol–water partition coefficient (Wildman–Crippen LogP) is 4.75. The van der Waals surface area contributed by atoms with Crippen LogP contribution in [0.4, 0.5) is 17.1 Å². The van der Waals surface area contributed by atoms with E-state index in [1.807, 2.05) is 12.1 Å². The fourth-order valence-electron chi connectivity index (χ4n) is 2.32. The van der Waals surface area contributed by atoms with E-state index in [4.69, 9.17) is 17.0 Å². The quantitative estimate of drug-likeness (QED) is 0.422. The Labute approximate surface area is 152 Å². The Kier molecular flexibility index (Phi) is 6.71. The molecule has 0 unspecified atom stereocenters. The van der Waals surface area contributed by atoms with Crippen LogP contribution in [0.5, 0.6) is 5.75 Å². The van der Waals surface area contributed by atoms with E-state index in [9.17, 15) is 10.1 Å². The number of thiocarbonyl (C=S) groups is 1. The molecule has 25 heavy (non-hydrogen) atoms. The first-order valence-corrected chi connectivity index (χ1v) is 8.43. The van der Waals surface area contributed by atoms with Crippen molar-refractivity contribution in [3.05, 3.63) is 58.1 Å². The van der Waals surface area contributed by atoms with Gasteiger partial charge in [-0.1, -0.05) is 25.5 Å². The summed E-state index contributed by atoms with van der Waals surface area (Å²) in [6, 6.07) is 12.6. The number of ether oxygens (including phenoxy) is 1. The van der Waals surface area contributed by atoms with Gasteiger partial charge in [0.15, 0.2) is 5.11 Å². The highest BCUT2D eigenvalue weighted by atomic mass is 32.1. The van der Waals surface area contributed by atoms with Gasteiger partial charge in [0.05, 0.1) is 18.1 Å². The molecule has 0 bridgehead atoms. The Bertz CT molecular complexity index is 748. The fraction of sp³-hybridized carbons (Fsp3) is 0.278. The van der Waals surface area contributed by atoms with Gasteiger partial charge >= 0.3 is 0 Å². The standard InChI is InChI=1S/C18H21N3O3S/c1-3-4-5-13-6-8-14(9-7-13)19-18(25)20-16-11-10-15(24-2)12-17(16)21(22)23/h6-12H,3-5H2,1-2H3,(H2,19,20,25). The van der Waals surface area contributed by atoms with E-state index < -0.39 is 4.92 Å². The molecule has 0 spiro atoms. The average Bonchev–Trinajstić information content (AvgIpc) is 2.61. The van der Waals surface area contributed by atoms with Crippen molar-refractivity contribution in [1.29, 1.82) is 0 Å². The molecule has 0 saturated carbocycles. The minimum atomic E-state index is -0.476. The number of nitro benzene ring substituents is 1.